The molecule has 0 radical (unpaired) electrons. The van der Waals surface area contributed by atoms with Crippen molar-refractivity contribution in [1.29, 1.82) is 0 Å². The molecule has 2 aromatic heterocycles. The Hall–Kier alpha value is -2.89. The number of nitrogens with zero attached hydrogens (tertiary/aromatic N) is 4. The second kappa shape index (κ2) is 9.87. The molecule has 1 saturated heterocycles. The van der Waals surface area contributed by atoms with Gasteiger partial charge in [0.2, 0.25) is 21.8 Å². The van der Waals surface area contributed by atoms with Crippen molar-refractivity contribution in [2.75, 3.05) is 37.8 Å². The third-order valence-electron chi connectivity index (χ3n) is 7.27. The summed E-state index contributed by atoms with van der Waals surface area (Å²) in [4.78, 5) is 36.2. The summed E-state index contributed by atoms with van der Waals surface area (Å²) < 4.78 is 25.2. The van der Waals surface area contributed by atoms with Crippen LogP contribution >= 0.6 is 11.3 Å². The molecular formula is C25H29N5O4S2. The van der Waals surface area contributed by atoms with Crippen LogP contribution in [-0.2, 0) is 32.5 Å². The van der Waals surface area contributed by atoms with Crippen LogP contribution in [0.2, 0.25) is 0 Å². The molecule has 1 N–H and O–H groups in total. The Kier molecular flexibility index (Phi) is 6.80. The van der Waals surface area contributed by atoms with Crippen LogP contribution in [0.15, 0.2) is 41.6 Å². The molecule has 1 fully saturated rings. The summed E-state index contributed by atoms with van der Waals surface area (Å²) in [7, 11) is -3.27. The van der Waals surface area contributed by atoms with Crippen LogP contribution in [0, 0.1) is 5.41 Å². The van der Waals surface area contributed by atoms with Gasteiger partial charge in [-0.2, -0.15) is 0 Å². The maximum Gasteiger partial charge on any atom is 0.246 e. The molecule has 3 aliphatic heterocycles. The SMILES string of the molecule is CS(=O)(=O)N1CCC2(CC1)Cc1cc(/C=C/C(=O)N3CC=C(Cc4nccs4)CC3)cnc1NC2=O. The molecule has 5 rings (SSSR count). The van der Waals surface area contributed by atoms with E-state index in [-0.39, 0.29) is 11.8 Å². The van der Waals surface area contributed by atoms with Crippen LogP contribution in [0.25, 0.3) is 6.08 Å². The Labute approximate surface area is 215 Å². The minimum atomic E-state index is -3.27. The number of hydrogen-bond acceptors (Lipinski definition) is 7. The van der Waals surface area contributed by atoms with Gasteiger partial charge in [0.25, 0.3) is 0 Å². The first-order valence-corrected chi connectivity index (χ1v) is 14.7. The summed E-state index contributed by atoms with van der Waals surface area (Å²) in [5, 5.41) is 5.98. The first kappa shape index (κ1) is 24.8. The fourth-order valence-corrected chi connectivity index (χ4v) is 6.60. The third kappa shape index (κ3) is 5.28. The predicted molar refractivity (Wildman–Crippen MR) is 139 cm³/mol. The molecule has 11 heteroatoms. The van der Waals surface area contributed by atoms with Crippen molar-refractivity contribution in [2.45, 2.75) is 32.1 Å². The van der Waals surface area contributed by atoms with Gasteiger partial charge in [-0.05, 0) is 49.0 Å². The van der Waals surface area contributed by atoms with E-state index in [1.54, 1.807) is 29.7 Å². The largest absolute Gasteiger partial charge is 0.335 e. The van der Waals surface area contributed by atoms with E-state index in [2.05, 4.69) is 21.4 Å². The zero-order valence-electron chi connectivity index (χ0n) is 20.1. The van der Waals surface area contributed by atoms with Gasteiger partial charge in [-0.3, -0.25) is 9.59 Å². The monoisotopic (exact) mass is 527 g/mol. The fraction of sp³-hybridized carbons (Fsp3) is 0.440. The Morgan fingerprint density at radius 2 is 2.06 bits per heavy atom. The number of aromatic nitrogens is 2. The molecule has 5 heterocycles. The van der Waals surface area contributed by atoms with Crippen LogP contribution in [0.4, 0.5) is 5.82 Å². The number of thiazole rings is 1. The van der Waals surface area contributed by atoms with Gasteiger partial charge < -0.3 is 10.2 Å². The van der Waals surface area contributed by atoms with Gasteiger partial charge in [0.05, 0.1) is 16.7 Å². The van der Waals surface area contributed by atoms with E-state index in [0.29, 0.717) is 51.3 Å². The number of carbonyl (C=O) groups is 2. The molecule has 0 saturated carbocycles. The molecule has 2 amide bonds. The van der Waals surface area contributed by atoms with Crippen molar-refractivity contribution >= 4 is 45.1 Å². The van der Waals surface area contributed by atoms with Gasteiger partial charge in [-0.25, -0.2) is 22.7 Å². The van der Waals surface area contributed by atoms with Crippen LogP contribution in [0.1, 0.15) is 35.4 Å². The minimum absolute atomic E-state index is 0.0461. The number of nitrogens with one attached hydrogen (secondary N) is 1. The molecule has 0 unspecified atom stereocenters. The van der Waals surface area contributed by atoms with Crippen molar-refractivity contribution in [1.82, 2.24) is 19.2 Å². The Morgan fingerprint density at radius 1 is 1.25 bits per heavy atom. The van der Waals surface area contributed by atoms with Gasteiger partial charge in [0, 0.05) is 56.4 Å². The van der Waals surface area contributed by atoms with Crippen molar-refractivity contribution in [2.24, 2.45) is 5.41 Å². The van der Waals surface area contributed by atoms with E-state index in [1.807, 2.05) is 22.5 Å². The fourth-order valence-electron chi connectivity index (χ4n) is 5.08. The summed E-state index contributed by atoms with van der Waals surface area (Å²) in [6, 6.07) is 1.96. The molecular weight excluding hydrogens is 498 g/mol. The Bertz CT molecular complexity index is 1330. The molecule has 0 atom stereocenters. The van der Waals surface area contributed by atoms with Crippen LogP contribution in [0.3, 0.4) is 0 Å². The minimum Gasteiger partial charge on any atom is -0.335 e. The van der Waals surface area contributed by atoms with Gasteiger partial charge in [-0.1, -0.05) is 11.6 Å². The van der Waals surface area contributed by atoms with E-state index in [4.69, 9.17) is 0 Å². The van der Waals surface area contributed by atoms with Gasteiger partial charge in [0.15, 0.2) is 0 Å². The lowest BCUT2D eigenvalue weighted by Gasteiger charge is -2.42. The van der Waals surface area contributed by atoms with Crippen molar-refractivity contribution in [3.63, 3.8) is 0 Å². The number of amides is 2. The first-order valence-electron chi connectivity index (χ1n) is 12.0. The maximum absolute atomic E-state index is 12.9. The average Bonchev–Trinajstić information content (AvgIpc) is 3.36. The summed E-state index contributed by atoms with van der Waals surface area (Å²) in [6.07, 6.45) is 13.3. The van der Waals surface area contributed by atoms with Crippen LogP contribution in [-0.4, -0.2) is 71.8 Å². The molecule has 3 aliphatic rings. The number of anilines is 1. The second-order valence-corrected chi connectivity index (χ2v) is 12.6. The zero-order chi connectivity index (χ0) is 25.3. The smallest absolute Gasteiger partial charge is 0.246 e. The van der Waals surface area contributed by atoms with E-state index >= 15 is 0 Å². The standard InChI is InChI=1S/C25H29N5O4S2/c1-36(33,34)30-11-6-25(7-12-30)16-20-14-19(17-27-23(20)28-24(25)32)2-3-22(31)29-9-4-18(5-10-29)15-21-26-8-13-35-21/h2-4,8,13-14,17H,5-7,9-12,15-16H2,1H3,(H,27,28,32)/b3-2+. The molecule has 0 aromatic carbocycles. The summed E-state index contributed by atoms with van der Waals surface area (Å²) in [5.41, 5.74) is 2.38. The topological polar surface area (TPSA) is 113 Å². The Balaban J connectivity index is 1.22. The molecule has 0 aliphatic carbocycles. The van der Waals surface area contributed by atoms with E-state index < -0.39 is 15.4 Å². The van der Waals surface area contributed by atoms with E-state index in [0.717, 1.165) is 29.0 Å². The molecule has 9 nitrogen and oxygen atoms in total. The highest BCUT2D eigenvalue weighted by Gasteiger charge is 2.46. The van der Waals surface area contributed by atoms with Crippen molar-refractivity contribution < 1.29 is 18.0 Å². The van der Waals surface area contributed by atoms with E-state index in [9.17, 15) is 18.0 Å². The summed E-state index contributed by atoms with van der Waals surface area (Å²) >= 11 is 1.65. The van der Waals surface area contributed by atoms with Crippen molar-refractivity contribution in [3.05, 3.63) is 57.7 Å². The highest BCUT2D eigenvalue weighted by Crippen LogP contribution is 2.41. The molecule has 1 spiro atoms. The zero-order valence-corrected chi connectivity index (χ0v) is 21.8. The van der Waals surface area contributed by atoms with Gasteiger partial charge in [-0.15, -0.1) is 11.3 Å². The number of rotatable bonds is 5. The summed E-state index contributed by atoms with van der Waals surface area (Å²) in [5.74, 6) is 0.394. The highest BCUT2D eigenvalue weighted by atomic mass is 32.2. The number of fused-ring (bicyclic) bond motifs is 1. The highest BCUT2D eigenvalue weighted by molar-refractivity contribution is 7.88. The van der Waals surface area contributed by atoms with Crippen LogP contribution in [0.5, 0.6) is 0 Å². The predicted octanol–water partition coefficient (Wildman–Crippen LogP) is 2.49. The van der Waals surface area contributed by atoms with Gasteiger partial charge >= 0.3 is 0 Å². The lowest BCUT2D eigenvalue weighted by molar-refractivity contribution is -0.128. The normalized spacial score (nSPS) is 20.3. The first-order chi connectivity index (χ1) is 17.2. The number of piperidine rings is 1. The number of hydrogen-bond donors (Lipinski definition) is 1. The lowest BCUT2D eigenvalue weighted by atomic mass is 9.71. The molecule has 0 bridgehead atoms. The average molecular weight is 528 g/mol. The molecule has 190 valence electrons. The van der Waals surface area contributed by atoms with Gasteiger partial charge in [0.1, 0.15) is 5.82 Å². The second-order valence-electron chi connectivity index (χ2n) is 9.68. The number of sulfonamides is 1. The van der Waals surface area contributed by atoms with Crippen molar-refractivity contribution in [3.8, 4) is 0 Å². The lowest BCUT2D eigenvalue weighted by Crippen LogP contribution is -2.51. The van der Waals surface area contributed by atoms with E-state index in [1.165, 1.54) is 16.1 Å². The van der Waals surface area contributed by atoms with Crippen LogP contribution < -0.4 is 5.32 Å². The third-order valence-corrected chi connectivity index (χ3v) is 9.36. The molecule has 36 heavy (non-hydrogen) atoms. The summed E-state index contributed by atoms with van der Waals surface area (Å²) in [6.45, 7) is 1.94. The quantitative estimate of drug-likeness (QED) is 0.472. The molecule has 2 aromatic rings. The number of pyridine rings is 1. The Morgan fingerprint density at radius 3 is 2.72 bits per heavy atom. The maximum atomic E-state index is 12.9. The number of carbonyl (C=O) groups excluding carboxylic acids is 2.